The van der Waals surface area contributed by atoms with Crippen LogP contribution >= 0.6 is 50.3 Å². The number of hydrogen-bond donors (Lipinski definition) is 0. The lowest BCUT2D eigenvalue weighted by Crippen LogP contribution is -2.30. The van der Waals surface area contributed by atoms with Crippen LogP contribution in [0.15, 0.2) is 55.2 Å². The SMILES string of the molecule is COCCCN1C(=O)/C(=C/c2cc(Br)c(I)o2)SC1=Nc1ccccc1. The summed E-state index contributed by atoms with van der Waals surface area (Å²) in [5.41, 5.74) is 0.816. The number of methoxy groups -OCH3 is 1. The molecule has 0 atom stereocenters. The molecule has 0 aliphatic carbocycles. The van der Waals surface area contributed by atoms with Gasteiger partial charge in [-0.2, -0.15) is 0 Å². The highest BCUT2D eigenvalue weighted by molar-refractivity contribution is 14.1. The van der Waals surface area contributed by atoms with Crippen molar-refractivity contribution in [2.75, 3.05) is 20.3 Å². The van der Waals surface area contributed by atoms with Crippen LogP contribution in [0, 0.1) is 3.77 Å². The van der Waals surface area contributed by atoms with Gasteiger partial charge in [-0.15, -0.1) is 0 Å². The minimum absolute atomic E-state index is 0.0664. The van der Waals surface area contributed by atoms with Gasteiger partial charge in [0.2, 0.25) is 0 Å². The summed E-state index contributed by atoms with van der Waals surface area (Å²) in [6.07, 6.45) is 2.50. The first kappa shape index (κ1) is 19.7. The van der Waals surface area contributed by atoms with Crippen LogP contribution in [-0.2, 0) is 9.53 Å². The maximum atomic E-state index is 12.9. The quantitative estimate of drug-likeness (QED) is 0.281. The molecule has 1 aromatic carbocycles. The second-order valence-electron chi connectivity index (χ2n) is 5.41. The first-order chi connectivity index (χ1) is 12.6. The highest BCUT2D eigenvalue weighted by Gasteiger charge is 2.33. The van der Waals surface area contributed by atoms with Crippen LogP contribution in [0.3, 0.4) is 0 Å². The van der Waals surface area contributed by atoms with E-state index in [9.17, 15) is 4.79 Å². The summed E-state index contributed by atoms with van der Waals surface area (Å²) in [5, 5.41) is 0.670. The lowest BCUT2D eigenvalue weighted by molar-refractivity contribution is -0.122. The third-order valence-electron chi connectivity index (χ3n) is 3.54. The molecule has 1 saturated heterocycles. The number of carbonyl (C=O) groups is 1. The van der Waals surface area contributed by atoms with Crippen molar-refractivity contribution in [2.45, 2.75) is 6.42 Å². The number of thioether (sulfide) groups is 1. The zero-order valence-electron chi connectivity index (χ0n) is 13.9. The van der Waals surface area contributed by atoms with Crippen molar-refractivity contribution in [3.63, 3.8) is 0 Å². The molecule has 0 saturated carbocycles. The molecule has 1 aliphatic heterocycles. The molecule has 2 heterocycles. The molecule has 5 nitrogen and oxygen atoms in total. The molecule has 1 aliphatic rings. The molecule has 1 fully saturated rings. The average Bonchev–Trinajstić information content (AvgIpc) is 3.09. The first-order valence-corrected chi connectivity index (χ1v) is 10.6. The summed E-state index contributed by atoms with van der Waals surface area (Å²) >= 11 is 6.88. The van der Waals surface area contributed by atoms with Crippen molar-refractivity contribution in [3.05, 3.63) is 55.3 Å². The van der Waals surface area contributed by atoms with Crippen LogP contribution < -0.4 is 0 Å². The predicted octanol–water partition coefficient (Wildman–Crippen LogP) is 5.29. The van der Waals surface area contributed by atoms with E-state index in [0.29, 0.717) is 29.0 Å². The Morgan fingerprint density at radius 3 is 2.81 bits per heavy atom. The van der Waals surface area contributed by atoms with Gasteiger partial charge in [0.15, 0.2) is 8.93 Å². The maximum absolute atomic E-state index is 12.9. The van der Waals surface area contributed by atoms with E-state index in [1.807, 2.05) is 36.4 Å². The van der Waals surface area contributed by atoms with Crippen LogP contribution in [0.4, 0.5) is 5.69 Å². The van der Waals surface area contributed by atoms with Crippen LogP contribution in [-0.4, -0.2) is 36.2 Å². The number of para-hydroxylation sites is 1. The average molecular weight is 547 g/mol. The molecule has 26 heavy (non-hydrogen) atoms. The molecule has 0 spiro atoms. The molecule has 1 amide bonds. The van der Waals surface area contributed by atoms with Gasteiger partial charge in [0.1, 0.15) is 5.76 Å². The fraction of sp³-hybridized carbons (Fsp3) is 0.222. The van der Waals surface area contributed by atoms with Crippen LogP contribution in [0.1, 0.15) is 12.2 Å². The van der Waals surface area contributed by atoms with Gasteiger partial charge in [-0.1, -0.05) is 18.2 Å². The fourth-order valence-corrected chi connectivity index (χ4v) is 4.05. The third-order valence-corrected chi connectivity index (χ3v) is 6.67. The molecule has 136 valence electrons. The van der Waals surface area contributed by atoms with Crippen LogP contribution in [0.25, 0.3) is 6.08 Å². The van der Waals surface area contributed by atoms with Crippen molar-refractivity contribution < 1.29 is 13.9 Å². The standard InChI is InChI=1S/C18H16BrIN2O3S/c1-24-9-5-8-22-17(23)15(11-13-10-14(19)16(20)25-13)26-18(22)21-12-6-3-2-4-7-12/h2-4,6-7,10-11H,5,8-9H2,1H3/b15-11-,21-18?. The maximum Gasteiger partial charge on any atom is 0.266 e. The molecule has 1 aromatic heterocycles. The summed E-state index contributed by atoms with van der Waals surface area (Å²) in [6, 6.07) is 11.5. The second kappa shape index (κ2) is 9.20. The molecule has 3 rings (SSSR count). The van der Waals surface area contributed by atoms with E-state index in [1.54, 1.807) is 18.1 Å². The van der Waals surface area contributed by atoms with Gasteiger partial charge in [0, 0.05) is 48.9 Å². The number of hydrogen-bond acceptors (Lipinski definition) is 5. The largest absolute Gasteiger partial charge is 0.450 e. The minimum atomic E-state index is -0.0664. The normalized spacial score (nSPS) is 17.7. The van der Waals surface area contributed by atoms with Gasteiger partial charge in [0.25, 0.3) is 5.91 Å². The number of furan rings is 1. The Morgan fingerprint density at radius 1 is 1.38 bits per heavy atom. The highest BCUT2D eigenvalue weighted by atomic mass is 127. The molecule has 8 heteroatoms. The monoisotopic (exact) mass is 546 g/mol. The topological polar surface area (TPSA) is 55.0 Å². The number of halogens is 2. The molecule has 0 N–H and O–H groups in total. The van der Waals surface area contributed by atoms with Crippen molar-refractivity contribution in [2.24, 2.45) is 4.99 Å². The molecule has 2 aromatic rings. The Hall–Kier alpha value is -1.10. The summed E-state index contributed by atoms with van der Waals surface area (Å²) in [7, 11) is 1.65. The Kier molecular flexibility index (Phi) is 6.96. The molecule has 0 bridgehead atoms. The van der Waals surface area contributed by atoms with Gasteiger partial charge in [0.05, 0.1) is 15.1 Å². The Labute approximate surface area is 178 Å². The second-order valence-corrected chi connectivity index (χ2v) is 8.26. The number of benzene rings is 1. The van der Waals surface area contributed by atoms with Crippen LogP contribution in [0.5, 0.6) is 0 Å². The number of amidine groups is 1. The molecular formula is C18H16BrIN2O3S. The van der Waals surface area contributed by atoms with E-state index in [-0.39, 0.29) is 5.91 Å². The summed E-state index contributed by atoms with van der Waals surface area (Å²) in [4.78, 5) is 19.8. The van der Waals surface area contributed by atoms with Gasteiger partial charge >= 0.3 is 0 Å². The van der Waals surface area contributed by atoms with Crippen LogP contribution in [0.2, 0.25) is 0 Å². The van der Waals surface area contributed by atoms with E-state index in [1.165, 1.54) is 11.8 Å². The lowest BCUT2D eigenvalue weighted by atomic mass is 10.3. The number of nitrogens with zero attached hydrogens (tertiary/aromatic N) is 2. The van der Waals surface area contributed by atoms with Gasteiger partial charge in [-0.25, -0.2) is 4.99 Å². The minimum Gasteiger partial charge on any atom is -0.450 e. The van der Waals surface area contributed by atoms with Crippen molar-refractivity contribution >= 4 is 73.1 Å². The number of ether oxygens (including phenoxy) is 1. The lowest BCUT2D eigenvalue weighted by Gasteiger charge is -2.15. The Balaban J connectivity index is 1.89. The van der Waals surface area contributed by atoms with Crippen molar-refractivity contribution in [3.8, 4) is 0 Å². The molecule has 0 unspecified atom stereocenters. The van der Waals surface area contributed by atoms with Gasteiger partial charge in [-0.3, -0.25) is 9.69 Å². The van der Waals surface area contributed by atoms with E-state index >= 15 is 0 Å². The number of rotatable bonds is 6. The summed E-state index contributed by atoms with van der Waals surface area (Å²) in [5.74, 6) is 0.568. The highest BCUT2D eigenvalue weighted by Crippen LogP contribution is 2.35. The summed E-state index contributed by atoms with van der Waals surface area (Å²) < 4.78 is 12.4. The van der Waals surface area contributed by atoms with Crippen molar-refractivity contribution in [1.29, 1.82) is 0 Å². The Morgan fingerprint density at radius 2 is 2.15 bits per heavy atom. The third kappa shape index (κ3) is 4.79. The number of carbonyl (C=O) groups excluding carboxylic acids is 1. The summed E-state index contributed by atoms with van der Waals surface area (Å²) in [6.45, 7) is 1.15. The zero-order valence-corrected chi connectivity index (χ0v) is 18.5. The Bertz CT molecular complexity index is 832. The van der Waals surface area contributed by atoms with Gasteiger partial charge < -0.3 is 9.15 Å². The van der Waals surface area contributed by atoms with E-state index in [0.717, 1.165) is 20.3 Å². The number of aliphatic imine (C=N–C) groups is 1. The fourth-order valence-electron chi connectivity index (χ4n) is 2.33. The zero-order chi connectivity index (χ0) is 18.5. The number of amides is 1. The smallest absolute Gasteiger partial charge is 0.266 e. The molecule has 0 radical (unpaired) electrons. The van der Waals surface area contributed by atoms with E-state index < -0.39 is 0 Å². The predicted molar refractivity (Wildman–Crippen MR) is 116 cm³/mol. The van der Waals surface area contributed by atoms with E-state index in [2.05, 4.69) is 43.5 Å². The van der Waals surface area contributed by atoms with Gasteiger partial charge in [-0.05, 0) is 52.3 Å². The van der Waals surface area contributed by atoms with Crippen molar-refractivity contribution in [1.82, 2.24) is 4.90 Å². The molecular weight excluding hydrogens is 531 g/mol. The first-order valence-electron chi connectivity index (χ1n) is 7.87. The van der Waals surface area contributed by atoms with E-state index in [4.69, 9.17) is 9.15 Å².